The minimum Gasteiger partial charge on any atom is -0.466 e. The summed E-state index contributed by atoms with van der Waals surface area (Å²) in [7, 11) is 1.38. The van der Waals surface area contributed by atoms with E-state index in [2.05, 4.69) is 5.32 Å². The fraction of sp³-hybridized carbons (Fsp3) is 0.368. The molecule has 1 aromatic rings. The van der Waals surface area contributed by atoms with Crippen molar-refractivity contribution in [1.82, 2.24) is 5.32 Å². The molecule has 2 aliphatic rings. The maximum absolute atomic E-state index is 12.6. The number of nitrogens with one attached hydrogen (secondary N) is 1. The van der Waals surface area contributed by atoms with E-state index in [4.69, 9.17) is 4.74 Å². The number of carbonyl (C=O) groups excluding carboxylic acids is 2. The van der Waals surface area contributed by atoms with Crippen LogP contribution < -0.4 is 5.32 Å². The molecule has 4 nitrogen and oxygen atoms in total. The maximum Gasteiger partial charge on any atom is 0.336 e. The standard InChI is InChI=1S/C19H21NO3/c1-11-7-9-13(10-8-11)17-16(19(22)23-3)12(2)20-14-5-4-6-15(21)18(14)17/h7-10,17,20H,4-6H2,1-3H3/t17-/m1/s1. The van der Waals surface area contributed by atoms with E-state index in [1.165, 1.54) is 7.11 Å². The van der Waals surface area contributed by atoms with Crippen LogP contribution >= 0.6 is 0 Å². The van der Waals surface area contributed by atoms with Crippen molar-refractivity contribution in [1.29, 1.82) is 0 Å². The quantitative estimate of drug-likeness (QED) is 0.853. The molecule has 1 aliphatic carbocycles. The Bertz CT molecular complexity index is 725. The van der Waals surface area contributed by atoms with Gasteiger partial charge in [-0.2, -0.15) is 0 Å². The lowest BCUT2D eigenvalue weighted by Gasteiger charge is -2.34. The van der Waals surface area contributed by atoms with Crippen molar-refractivity contribution in [2.45, 2.75) is 39.0 Å². The van der Waals surface area contributed by atoms with Gasteiger partial charge in [-0.1, -0.05) is 29.8 Å². The van der Waals surface area contributed by atoms with Gasteiger partial charge in [0.25, 0.3) is 0 Å². The number of methoxy groups -OCH3 is 1. The highest BCUT2D eigenvalue weighted by molar-refractivity contribution is 6.03. The number of carbonyl (C=O) groups is 2. The number of rotatable bonds is 2. The van der Waals surface area contributed by atoms with Gasteiger partial charge in [-0.25, -0.2) is 4.79 Å². The van der Waals surface area contributed by atoms with Gasteiger partial charge in [-0.05, 0) is 32.3 Å². The lowest BCUT2D eigenvalue weighted by molar-refractivity contribution is -0.136. The molecule has 0 saturated carbocycles. The van der Waals surface area contributed by atoms with Crippen LogP contribution in [0, 0.1) is 6.92 Å². The first-order valence-electron chi connectivity index (χ1n) is 7.92. The Balaban J connectivity index is 2.18. The number of benzene rings is 1. The van der Waals surface area contributed by atoms with Crippen LogP contribution in [0.15, 0.2) is 46.8 Å². The number of dihydropyridines is 1. The summed E-state index contributed by atoms with van der Waals surface area (Å²) in [4.78, 5) is 24.9. The van der Waals surface area contributed by atoms with Gasteiger partial charge in [-0.3, -0.25) is 4.79 Å². The van der Waals surface area contributed by atoms with Crippen molar-refractivity contribution in [2.75, 3.05) is 7.11 Å². The topological polar surface area (TPSA) is 55.4 Å². The summed E-state index contributed by atoms with van der Waals surface area (Å²) in [5.74, 6) is -0.601. The molecule has 120 valence electrons. The van der Waals surface area contributed by atoms with Gasteiger partial charge >= 0.3 is 5.97 Å². The van der Waals surface area contributed by atoms with Crippen LogP contribution in [-0.2, 0) is 14.3 Å². The molecule has 0 bridgehead atoms. The minimum absolute atomic E-state index is 0.123. The second-order valence-corrected chi connectivity index (χ2v) is 6.17. The number of ether oxygens (including phenoxy) is 1. The average molecular weight is 311 g/mol. The molecule has 1 atom stereocenters. The Hall–Kier alpha value is -2.36. The van der Waals surface area contributed by atoms with E-state index in [1.807, 2.05) is 38.1 Å². The van der Waals surface area contributed by atoms with E-state index in [9.17, 15) is 9.59 Å². The number of hydrogen-bond acceptors (Lipinski definition) is 4. The van der Waals surface area contributed by atoms with E-state index in [1.54, 1.807) is 0 Å². The van der Waals surface area contributed by atoms with Crippen LogP contribution in [0.4, 0.5) is 0 Å². The highest BCUT2D eigenvalue weighted by atomic mass is 16.5. The maximum atomic E-state index is 12.6. The fourth-order valence-electron chi connectivity index (χ4n) is 3.46. The average Bonchev–Trinajstić information content (AvgIpc) is 2.54. The molecular formula is C19H21NO3. The van der Waals surface area contributed by atoms with Gasteiger partial charge in [0, 0.05) is 29.3 Å². The van der Waals surface area contributed by atoms with Crippen molar-refractivity contribution in [3.8, 4) is 0 Å². The third-order valence-corrected chi connectivity index (χ3v) is 4.59. The number of aryl methyl sites for hydroxylation is 1. The Morgan fingerprint density at radius 1 is 1.17 bits per heavy atom. The molecule has 1 aliphatic heterocycles. The van der Waals surface area contributed by atoms with E-state index in [-0.39, 0.29) is 17.7 Å². The van der Waals surface area contributed by atoms with E-state index >= 15 is 0 Å². The normalized spacial score (nSPS) is 21.0. The molecule has 1 aromatic carbocycles. The lowest BCUT2D eigenvalue weighted by atomic mass is 9.75. The Morgan fingerprint density at radius 3 is 2.52 bits per heavy atom. The summed E-state index contributed by atoms with van der Waals surface area (Å²) in [6.07, 6.45) is 2.23. The molecule has 1 heterocycles. The van der Waals surface area contributed by atoms with Gasteiger partial charge in [0.15, 0.2) is 5.78 Å². The van der Waals surface area contributed by atoms with Crippen LogP contribution in [0.2, 0.25) is 0 Å². The summed E-state index contributed by atoms with van der Waals surface area (Å²) < 4.78 is 4.98. The highest BCUT2D eigenvalue weighted by Crippen LogP contribution is 2.42. The predicted molar refractivity (Wildman–Crippen MR) is 87.7 cm³/mol. The second-order valence-electron chi connectivity index (χ2n) is 6.17. The number of hydrogen-bond donors (Lipinski definition) is 1. The van der Waals surface area contributed by atoms with Gasteiger partial charge in [0.2, 0.25) is 0 Å². The number of Topliss-reactive ketones (excluding diaryl/α,β-unsaturated/α-hetero) is 1. The Labute approximate surface area is 136 Å². The van der Waals surface area contributed by atoms with Crippen LogP contribution in [0.3, 0.4) is 0 Å². The van der Waals surface area contributed by atoms with Gasteiger partial charge in [0.1, 0.15) is 0 Å². The summed E-state index contributed by atoms with van der Waals surface area (Å²) in [5, 5.41) is 3.26. The van der Waals surface area contributed by atoms with Crippen molar-refractivity contribution >= 4 is 11.8 Å². The molecule has 0 spiro atoms. The number of ketones is 1. The van der Waals surface area contributed by atoms with Crippen LogP contribution in [-0.4, -0.2) is 18.9 Å². The highest BCUT2D eigenvalue weighted by Gasteiger charge is 2.38. The zero-order valence-electron chi connectivity index (χ0n) is 13.7. The second kappa shape index (κ2) is 6.03. The molecule has 23 heavy (non-hydrogen) atoms. The molecule has 1 N–H and O–H groups in total. The van der Waals surface area contributed by atoms with Crippen LogP contribution in [0.1, 0.15) is 43.2 Å². The Morgan fingerprint density at radius 2 is 1.87 bits per heavy atom. The number of esters is 1. The van der Waals surface area contributed by atoms with Gasteiger partial charge < -0.3 is 10.1 Å². The molecule has 0 fully saturated rings. The molecule has 4 heteroatoms. The first kappa shape index (κ1) is 15.5. The van der Waals surface area contributed by atoms with Crippen molar-refractivity contribution in [2.24, 2.45) is 0 Å². The third-order valence-electron chi connectivity index (χ3n) is 4.59. The summed E-state index contributed by atoms with van der Waals surface area (Å²) in [6.45, 7) is 3.89. The minimum atomic E-state index is -0.384. The fourth-order valence-corrected chi connectivity index (χ4v) is 3.46. The van der Waals surface area contributed by atoms with E-state index in [0.717, 1.165) is 40.9 Å². The summed E-state index contributed by atoms with van der Waals surface area (Å²) >= 11 is 0. The zero-order valence-corrected chi connectivity index (χ0v) is 13.7. The zero-order chi connectivity index (χ0) is 16.6. The largest absolute Gasteiger partial charge is 0.466 e. The van der Waals surface area contributed by atoms with Crippen LogP contribution in [0.5, 0.6) is 0 Å². The molecule has 0 unspecified atom stereocenters. The third kappa shape index (κ3) is 2.69. The number of allylic oxidation sites excluding steroid dienone is 3. The molecule has 0 amide bonds. The van der Waals surface area contributed by atoms with Crippen molar-refractivity contribution in [3.05, 3.63) is 57.9 Å². The molecule has 0 saturated heterocycles. The molecule has 0 radical (unpaired) electrons. The van der Waals surface area contributed by atoms with E-state index in [0.29, 0.717) is 12.0 Å². The van der Waals surface area contributed by atoms with Crippen LogP contribution in [0.25, 0.3) is 0 Å². The summed E-state index contributed by atoms with van der Waals surface area (Å²) in [5.41, 5.74) is 5.09. The van der Waals surface area contributed by atoms with Gasteiger partial charge in [-0.15, -0.1) is 0 Å². The van der Waals surface area contributed by atoms with E-state index < -0.39 is 0 Å². The van der Waals surface area contributed by atoms with Gasteiger partial charge in [0.05, 0.1) is 12.7 Å². The predicted octanol–water partition coefficient (Wildman–Crippen LogP) is 3.14. The molecular weight excluding hydrogens is 290 g/mol. The first-order chi connectivity index (χ1) is 11.0. The molecule has 0 aromatic heterocycles. The monoisotopic (exact) mass is 311 g/mol. The first-order valence-corrected chi connectivity index (χ1v) is 7.92. The smallest absolute Gasteiger partial charge is 0.336 e. The lowest BCUT2D eigenvalue weighted by Crippen LogP contribution is -2.34. The van der Waals surface area contributed by atoms with Crippen molar-refractivity contribution in [3.63, 3.8) is 0 Å². The molecule has 3 rings (SSSR count). The summed E-state index contributed by atoms with van der Waals surface area (Å²) in [6, 6.07) is 8.01. The van der Waals surface area contributed by atoms with Crippen molar-refractivity contribution < 1.29 is 14.3 Å². The SMILES string of the molecule is COC(=O)C1=C(C)NC2=C(C(=O)CCC2)[C@@H]1c1ccc(C)cc1. The Kier molecular flexibility index (Phi) is 4.07.